The lowest BCUT2D eigenvalue weighted by molar-refractivity contribution is 0.319. The van der Waals surface area contributed by atoms with Crippen molar-refractivity contribution in [2.45, 2.75) is 19.9 Å². The molecule has 2 aliphatic rings. The molecule has 0 N–H and O–H groups in total. The number of aromatic nitrogens is 4. The van der Waals surface area contributed by atoms with Gasteiger partial charge in [0.2, 0.25) is 5.88 Å². The molecule has 7 heteroatoms. The van der Waals surface area contributed by atoms with E-state index in [1.54, 1.807) is 0 Å². The third kappa shape index (κ3) is 1.84. The van der Waals surface area contributed by atoms with E-state index in [0.29, 0.717) is 24.8 Å². The minimum Gasteiger partial charge on any atom is -0.475 e. The molecule has 24 heavy (non-hydrogen) atoms. The molecule has 0 fully saturated rings. The average Bonchev–Trinajstić information content (AvgIpc) is 2.88. The Morgan fingerprint density at radius 2 is 2.17 bits per heavy atom. The fourth-order valence-electron chi connectivity index (χ4n) is 3.26. The molecule has 3 aromatic heterocycles. The minimum absolute atomic E-state index is 0.541. The second-order valence-corrected chi connectivity index (χ2v) is 5.90. The molecule has 0 atom stereocenters. The van der Waals surface area contributed by atoms with E-state index in [1.165, 1.54) is 6.33 Å². The predicted molar refractivity (Wildman–Crippen MR) is 91.1 cm³/mol. The molecular weight excluding hydrogens is 304 g/mol. The highest BCUT2D eigenvalue weighted by molar-refractivity contribution is 6.19. The summed E-state index contributed by atoms with van der Waals surface area (Å²) < 4.78 is 7.97. The maximum absolute atomic E-state index is 5.73. The van der Waals surface area contributed by atoms with E-state index in [-0.39, 0.29) is 0 Å². The number of anilines is 1. The van der Waals surface area contributed by atoms with Gasteiger partial charge in [-0.15, -0.1) is 0 Å². The zero-order chi connectivity index (χ0) is 16.1. The second-order valence-electron chi connectivity index (χ2n) is 5.90. The van der Waals surface area contributed by atoms with Gasteiger partial charge in [0, 0.05) is 12.7 Å². The van der Waals surface area contributed by atoms with Crippen molar-refractivity contribution in [1.29, 1.82) is 0 Å². The molecule has 0 aliphatic carbocycles. The highest BCUT2D eigenvalue weighted by Crippen LogP contribution is 2.37. The average molecular weight is 320 g/mol. The van der Waals surface area contributed by atoms with Gasteiger partial charge in [0.25, 0.3) is 0 Å². The summed E-state index contributed by atoms with van der Waals surface area (Å²) in [7, 11) is 0. The number of ether oxygens (including phenoxy) is 1. The summed E-state index contributed by atoms with van der Waals surface area (Å²) >= 11 is 0. The molecular formula is C17H16N6O. The first-order valence-corrected chi connectivity index (χ1v) is 8.15. The Kier molecular flexibility index (Phi) is 2.82. The summed E-state index contributed by atoms with van der Waals surface area (Å²) in [5, 5.41) is 0. The molecule has 7 nitrogen and oxygen atoms in total. The highest BCUT2D eigenvalue weighted by Gasteiger charge is 2.34. The van der Waals surface area contributed by atoms with Gasteiger partial charge in [0.1, 0.15) is 24.3 Å². The molecule has 5 heterocycles. The van der Waals surface area contributed by atoms with Gasteiger partial charge in [-0.25, -0.2) is 19.9 Å². The SMILES string of the molecule is CCCn1ccc2nc(N3CCOc4ncnc5c4C3=N5)ccc21. The molecule has 120 valence electrons. The first-order chi connectivity index (χ1) is 11.8. The van der Waals surface area contributed by atoms with Gasteiger partial charge in [-0.2, -0.15) is 0 Å². The molecule has 0 saturated heterocycles. The molecule has 0 aromatic carbocycles. The third-order valence-electron chi connectivity index (χ3n) is 4.39. The van der Waals surface area contributed by atoms with Crippen molar-refractivity contribution in [2.24, 2.45) is 4.99 Å². The Morgan fingerprint density at radius 3 is 3.08 bits per heavy atom. The van der Waals surface area contributed by atoms with Crippen LogP contribution < -0.4 is 9.64 Å². The lowest BCUT2D eigenvalue weighted by Gasteiger charge is -2.26. The van der Waals surface area contributed by atoms with Gasteiger partial charge in [-0.1, -0.05) is 6.92 Å². The highest BCUT2D eigenvalue weighted by atomic mass is 16.5. The van der Waals surface area contributed by atoms with Crippen LogP contribution in [0.5, 0.6) is 5.88 Å². The Hall–Kier alpha value is -2.96. The number of rotatable bonds is 3. The maximum atomic E-state index is 5.73. The van der Waals surface area contributed by atoms with Crippen molar-refractivity contribution >= 4 is 28.5 Å². The van der Waals surface area contributed by atoms with Crippen LogP contribution in [0.1, 0.15) is 18.9 Å². The van der Waals surface area contributed by atoms with Gasteiger partial charge in [-0.3, -0.25) is 0 Å². The number of hydrogen-bond donors (Lipinski definition) is 0. The van der Waals surface area contributed by atoms with Crippen LogP contribution in [0.4, 0.5) is 11.6 Å². The van der Waals surface area contributed by atoms with Crippen molar-refractivity contribution in [2.75, 3.05) is 18.1 Å². The van der Waals surface area contributed by atoms with Crippen LogP contribution in [0, 0.1) is 0 Å². The summed E-state index contributed by atoms with van der Waals surface area (Å²) in [5.74, 6) is 3.03. The van der Waals surface area contributed by atoms with Crippen LogP contribution in [-0.4, -0.2) is 38.5 Å². The molecule has 5 rings (SSSR count). The molecule has 0 bridgehead atoms. The van der Waals surface area contributed by atoms with E-state index >= 15 is 0 Å². The zero-order valence-corrected chi connectivity index (χ0v) is 13.3. The molecule has 0 radical (unpaired) electrons. The summed E-state index contributed by atoms with van der Waals surface area (Å²) in [4.78, 5) is 19.8. The minimum atomic E-state index is 0.541. The van der Waals surface area contributed by atoms with Crippen molar-refractivity contribution < 1.29 is 4.74 Å². The lowest BCUT2D eigenvalue weighted by Crippen LogP contribution is -2.36. The van der Waals surface area contributed by atoms with Crippen molar-refractivity contribution in [3.05, 3.63) is 36.3 Å². The van der Waals surface area contributed by atoms with Gasteiger partial charge in [0.15, 0.2) is 11.7 Å². The summed E-state index contributed by atoms with van der Waals surface area (Å²) in [6.07, 6.45) is 4.69. The Morgan fingerprint density at radius 1 is 1.21 bits per heavy atom. The lowest BCUT2D eigenvalue weighted by atomic mass is 10.1. The fraction of sp³-hybridized carbons (Fsp3) is 0.294. The summed E-state index contributed by atoms with van der Waals surface area (Å²) in [6.45, 7) is 4.40. The van der Waals surface area contributed by atoms with Crippen molar-refractivity contribution in [3.63, 3.8) is 0 Å². The number of fused-ring (bicyclic) bond motifs is 1. The van der Waals surface area contributed by atoms with Gasteiger partial charge < -0.3 is 14.2 Å². The van der Waals surface area contributed by atoms with E-state index in [4.69, 9.17) is 9.72 Å². The Balaban J connectivity index is 1.56. The van der Waals surface area contributed by atoms with Gasteiger partial charge >= 0.3 is 0 Å². The normalized spacial score (nSPS) is 15.4. The largest absolute Gasteiger partial charge is 0.475 e. The first kappa shape index (κ1) is 13.5. The summed E-state index contributed by atoms with van der Waals surface area (Å²) in [6, 6.07) is 6.24. The monoisotopic (exact) mass is 320 g/mol. The van der Waals surface area contributed by atoms with E-state index in [1.807, 2.05) is 6.07 Å². The number of pyridine rings is 1. The van der Waals surface area contributed by atoms with Crippen LogP contribution in [-0.2, 0) is 6.54 Å². The van der Waals surface area contributed by atoms with Crippen LogP contribution in [0.15, 0.2) is 35.7 Å². The number of aryl methyl sites for hydroxylation is 1. The van der Waals surface area contributed by atoms with Crippen molar-refractivity contribution in [1.82, 2.24) is 19.5 Å². The van der Waals surface area contributed by atoms with Crippen LogP contribution >= 0.6 is 0 Å². The fourth-order valence-corrected chi connectivity index (χ4v) is 3.26. The second kappa shape index (κ2) is 5.02. The predicted octanol–water partition coefficient (Wildman–Crippen LogP) is 2.53. The molecule has 3 aromatic rings. The molecule has 0 spiro atoms. The third-order valence-corrected chi connectivity index (χ3v) is 4.39. The number of hydrogen-bond acceptors (Lipinski definition) is 6. The van der Waals surface area contributed by atoms with Crippen LogP contribution in [0.25, 0.3) is 11.0 Å². The number of amidine groups is 1. The topological polar surface area (TPSA) is 68.4 Å². The standard InChI is InChI=1S/C17H16N6O/c1-2-6-22-7-5-11-12(22)3-4-13(20-11)23-8-9-24-17-14-15(18-10-19-17)21-16(14)23/h3-5,7,10H,2,6,8-9H2,1H3. The van der Waals surface area contributed by atoms with Crippen LogP contribution in [0.3, 0.4) is 0 Å². The summed E-state index contributed by atoms with van der Waals surface area (Å²) in [5.41, 5.74) is 3.04. The van der Waals surface area contributed by atoms with E-state index in [9.17, 15) is 0 Å². The van der Waals surface area contributed by atoms with E-state index < -0.39 is 0 Å². The first-order valence-electron chi connectivity index (χ1n) is 8.15. The quantitative estimate of drug-likeness (QED) is 0.742. The molecule has 2 aliphatic heterocycles. The smallest absolute Gasteiger partial charge is 0.230 e. The Bertz CT molecular complexity index is 976. The Labute approximate surface area is 138 Å². The molecule has 0 unspecified atom stereocenters. The van der Waals surface area contributed by atoms with Crippen molar-refractivity contribution in [3.8, 4) is 5.88 Å². The van der Waals surface area contributed by atoms with E-state index in [0.717, 1.165) is 41.2 Å². The maximum Gasteiger partial charge on any atom is 0.230 e. The van der Waals surface area contributed by atoms with Crippen LogP contribution in [0.2, 0.25) is 0 Å². The molecule has 0 saturated carbocycles. The van der Waals surface area contributed by atoms with Gasteiger partial charge in [0.05, 0.1) is 17.6 Å². The number of nitrogens with zero attached hydrogens (tertiary/aromatic N) is 6. The molecule has 0 amide bonds. The van der Waals surface area contributed by atoms with Gasteiger partial charge in [-0.05, 0) is 24.6 Å². The van der Waals surface area contributed by atoms with E-state index in [2.05, 4.69) is 49.7 Å². The number of aliphatic imine (C=N–C) groups is 1. The zero-order valence-electron chi connectivity index (χ0n) is 13.3.